The van der Waals surface area contributed by atoms with Gasteiger partial charge in [0, 0.05) is 27.1 Å². The number of benzene rings is 1. The smallest absolute Gasteiger partial charge is 0.251 e. The van der Waals surface area contributed by atoms with Crippen molar-refractivity contribution in [2.45, 2.75) is 19.4 Å². The Labute approximate surface area is 112 Å². The van der Waals surface area contributed by atoms with Gasteiger partial charge in [0.05, 0.1) is 0 Å². The van der Waals surface area contributed by atoms with E-state index in [1.54, 1.807) is 12.1 Å². The van der Waals surface area contributed by atoms with Crippen LogP contribution in [-0.4, -0.2) is 18.5 Å². The molecule has 0 aliphatic heterocycles. The molecule has 3 N–H and O–H groups in total. The molecule has 3 nitrogen and oxygen atoms in total. The lowest BCUT2D eigenvalue weighted by Crippen LogP contribution is -2.39. The van der Waals surface area contributed by atoms with Crippen LogP contribution in [0.2, 0.25) is 0 Å². The minimum Gasteiger partial charge on any atom is -0.348 e. The molecule has 88 valence electrons. The van der Waals surface area contributed by atoms with E-state index in [-0.39, 0.29) is 11.9 Å². The molecule has 16 heavy (non-hydrogen) atoms. The number of rotatable bonds is 4. The third-order valence-electron chi connectivity index (χ3n) is 2.24. The van der Waals surface area contributed by atoms with Gasteiger partial charge in [-0.1, -0.05) is 38.8 Å². The molecule has 1 amide bonds. The average molecular weight is 350 g/mol. The van der Waals surface area contributed by atoms with Crippen molar-refractivity contribution in [1.82, 2.24) is 5.32 Å². The Hall–Kier alpha value is -0.390. The molecular weight excluding hydrogens is 336 g/mol. The van der Waals surface area contributed by atoms with Crippen LogP contribution >= 0.6 is 31.9 Å². The lowest BCUT2D eigenvalue weighted by molar-refractivity contribution is 0.0937. The van der Waals surface area contributed by atoms with E-state index < -0.39 is 0 Å². The fraction of sp³-hybridized carbons (Fsp3) is 0.364. The molecule has 0 spiro atoms. The first-order valence-electron chi connectivity index (χ1n) is 5.03. The third-order valence-corrected chi connectivity index (χ3v) is 3.15. The number of nitrogens with one attached hydrogen (secondary N) is 1. The summed E-state index contributed by atoms with van der Waals surface area (Å²) >= 11 is 6.69. The number of hydrogen-bond donors (Lipinski definition) is 2. The lowest BCUT2D eigenvalue weighted by Gasteiger charge is -2.14. The van der Waals surface area contributed by atoms with Crippen LogP contribution in [0.3, 0.4) is 0 Å². The predicted octanol–water partition coefficient (Wildman–Crippen LogP) is 2.68. The van der Waals surface area contributed by atoms with Crippen molar-refractivity contribution in [3.8, 4) is 0 Å². The van der Waals surface area contributed by atoms with E-state index in [2.05, 4.69) is 37.2 Å². The number of halogens is 2. The maximum Gasteiger partial charge on any atom is 0.251 e. The van der Waals surface area contributed by atoms with Crippen LogP contribution in [0, 0.1) is 0 Å². The van der Waals surface area contributed by atoms with E-state index in [1.165, 1.54) is 0 Å². The minimum atomic E-state index is -0.0979. The Kier molecular flexibility index (Phi) is 5.44. The van der Waals surface area contributed by atoms with E-state index in [0.717, 1.165) is 15.4 Å². The summed E-state index contributed by atoms with van der Waals surface area (Å²) in [5, 5.41) is 2.88. The molecule has 0 heterocycles. The second-order valence-corrected chi connectivity index (χ2v) is 5.30. The van der Waals surface area contributed by atoms with Crippen LogP contribution in [-0.2, 0) is 0 Å². The number of amides is 1. The molecule has 0 fully saturated rings. The highest BCUT2D eigenvalue weighted by Gasteiger charge is 2.11. The van der Waals surface area contributed by atoms with Crippen molar-refractivity contribution < 1.29 is 4.79 Å². The number of hydrogen-bond acceptors (Lipinski definition) is 2. The molecule has 0 aromatic heterocycles. The maximum absolute atomic E-state index is 11.9. The minimum absolute atomic E-state index is 0.0326. The Balaban J connectivity index is 2.80. The van der Waals surface area contributed by atoms with Crippen molar-refractivity contribution in [1.29, 1.82) is 0 Å². The van der Waals surface area contributed by atoms with Crippen LogP contribution in [0.4, 0.5) is 0 Å². The quantitative estimate of drug-likeness (QED) is 0.878. The van der Waals surface area contributed by atoms with E-state index in [0.29, 0.717) is 12.1 Å². The Morgan fingerprint density at radius 1 is 1.38 bits per heavy atom. The van der Waals surface area contributed by atoms with Gasteiger partial charge in [-0.2, -0.15) is 0 Å². The molecule has 1 unspecified atom stereocenters. The van der Waals surface area contributed by atoms with Crippen LogP contribution < -0.4 is 11.1 Å². The first-order valence-corrected chi connectivity index (χ1v) is 6.62. The van der Waals surface area contributed by atoms with E-state index in [4.69, 9.17) is 5.73 Å². The van der Waals surface area contributed by atoms with Crippen molar-refractivity contribution in [2.75, 3.05) is 6.54 Å². The molecule has 0 saturated heterocycles. The molecule has 0 saturated carbocycles. The predicted molar refractivity (Wildman–Crippen MR) is 72.4 cm³/mol. The molecule has 1 aromatic carbocycles. The standard InChI is InChI=1S/C11H14Br2N2O/c1-2-10(6-14)15-11(16)7-3-8(12)5-9(13)4-7/h3-5,10H,2,6,14H2,1H3,(H,15,16). The fourth-order valence-electron chi connectivity index (χ4n) is 1.28. The first kappa shape index (κ1) is 13.7. The topological polar surface area (TPSA) is 55.1 Å². The summed E-state index contributed by atoms with van der Waals surface area (Å²) in [5.41, 5.74) is 6.15. The Morgan fingerprint density at radius 3 is 2.38 bits per heavy atom. The molecule has 0 aliphatic carbocycles. The molecule has 1 atom stereocenters. The normalized spacial score (nSPS) is 12.2. The molecule has 5 heteroatoms. The van der Waals surface area contributed by atoms with E-state index in [1.807, 2.05) is 13.0 Å². The largest absolute Gasteiger partial charge is 0.348 e. The summed E-state index contributed by atoms with van der Waals surface area (Å²) in [6, 6.07) is 5.48. The number of carbonyl (C=O) groups is 1. The number of nitrogens with two attached hydrogens (primary N) is 1. The zero-order chi connectivity index (χ0) is 12.1. The maximum atomic E-state index is 11.9. The summed E-state index contributed by atoms with van der Waals surface area (Å²) in [6.07, 6.45) is 0.831. The molecule has 1 aromatic rings. The van der Waals surface area contributed by atoms with Gasteiger partial charge in [0.1, 0.15) is 0 Å². The van der Waals surface area contributed by atoms with Crippen LogP contribution in [0.5, 0.6) is 0 Å². The van der Waals surface area contributed by atoms with Crippen molar-refractivity contribution in [3.63, 3.8) is 0 Å². The lowest BCUT2D eigenvalue weighted by atomic mass is 10.1. The molecule has 0 radical (unpaired) electrons. The van der Waals surface area contributed by atoms with Crippen LogP contribution in [0.25, 0.3) is 0 Å². The number of carbonyl (C=O) groups excluding carboxylic acids is 1. The molecule has 1 rings (SSSR count). The summed E-state index contributed by atoms with van der Waals surface area (Å²) in [7, 11) is 0. The average Bonchev–Trinajstić information content (AvgIpc) is 2.24. The van der Waals surface area contributed by atoms with Crippen LogP contribution in [0.15, 0.2) is 27.1 Å². The molecule has 0 aliphatic rings. The zero-order valence-electron chi connectivity index (χ0n) is 8.97. The van der Waals surface area contributed by atoms with Gasteiger partial charge in [-0.05, 0) is 24.6 Å². The highest BCUT2D eigenvalue weighted by Crippen LogP contribution is 2.20. The highest BCUT2D eigenvalue weighted by atomic mass is 79.9. The first-order chi connectivity index (χ1) is 7.56. The molecule has 0 bridgehead atoms. The van der Waals surface area contributed by atoms with Crippen LogP contribution in [0.1, 0.15) is 23.7 Å². The van der Waals surface area contributed by atoms with Gasteiger partial charge < -0.3 is 11.1 Å². The zero-order valence-corrected chi connectivity index (χ0v) is 12.1. The SMILES string of the molecule is CCC(CN)NC(=O)c1cc(Br)cc(Br)c1. The monoisotopic (exact) mass is 348 g/mol. The second-order valence-electron chi connectivity index (χ2n) is 3.47. The second kappa shape index (κ2) is 6.37. The summed E-state index contributed by atoms with van der Waals surface area (Å²) in [6.45, 7) is 2.45. The van der Waals surface area contributed by atoms with Crippen molar-refractivity contribution in [2.24, 2.45) is 5.73 Å². The van der Waals surface area contributed by atoms with E-state index in [9.17, 15) is 4.79 Å². The van der Waals surface area contributed by atoms with Gasteiger partial charge in [0.15, 0.2) is 0 Å². The summed E-state index contributed by atoms with van der Waals surface area (Å²) in [5.74, 6) is -0.0979. The summed E-state index contributed by atoms with van der Waals surface area (Å²) in [4.78, 5) is 11.9. The van der Waals surface area contributed by atoms with Gasteiger partial charge in [0.2, 0.25) is 0 Å². The highest BCUT2D eigenvalue weighted by molar-refractivity contribution is 9.11. The van der Waals surface area contributed by atoms with Gasteiger partial charge in [-0.25, -0.2) is 0 Å². The Bertz CT molecular complexity index is 358. The van der Waals surface area contributed by atoms with Crippen molar-refractivity contribution >= 4 is 37.8 Å². The third kappa shape index (κ3) is 3.88. The summed E-state index contributed by atoms with van der Waals surface area (Å²) < 4.78 is 1.74. The Morgan fingerprint density at radius 2 is 1.94 bits per heavy atom. The fourth-order valence-corrected chi connectivity index (χ4v) is 2.58. The van der Waals surface area contributed by atoms with Gasteiger partial charge in [-0.15, -0.1) is 0 Å². The van der Waals surface area contributed by atoms with Gasteiger partial charge in [0.25, 0.3) is 5.91 Å². The van der Waals surface area contributed by atoms with Crippen molar-refractivity contribution in [3.05, 3.63) is 32.7 Å². The van der Waals surface area contributed by atoms with Gasteiger partial charge >= 0.3 is 0 Å². The molecular formula is C11H14Br2N2O. The van der Waals surface area contributed by atoms with Gasteiger partial charge in [-0.3, -0.25) is 4.79 Å². The van der Waals surface area contributed by atoms with E-state index >= 15 is 0 Å².